The molecule has 0 radical (unpaired) electrons. The predicted molar refractivity (Wildman–Crippen MR) is 102 cm³/mol. The molecule has 1 aliphatic rings. The molecule has 1 heterocycles. The fourth-order valence-corrected chi connectivity index (χ4v) is 3.34. The van der Waals surface area contributed by atoms with Gasteiger partial charge in [0, 0.05) is 10.0 Å². The lowest BCUT2D eigenvalue weighted by Crippen LogP contribution is -2.01. The van der Waals surface area contributed by atoms with Gasteiger partial charge >= 0.3 is 0 Å². The molecular formula is C18H15BrN2O2S. The largest absolute Gasteiger partial charge is 0.488 e. The number of carbonyl (C=O) groups is 1. The second kappa shape index (κ2) is 7.23. The van der Waals surface area contributed by atoms with Gasteiger partial charge in [-0.25, -0.2) is 0 Å². The van der Waals surface area contributed by atoms with E-state index in [4.69, 9.17) is 10.5 Å². The first-order valence-electron chi connectivity index (χ1n) is 7.27. The van der Waals surface area contributed by atoms with Gasteiger partial charge in [-0.2, -0.15) is 4.99 Å². The maximum Gasteiger partial charge on any atom is 0.286 e. The van der Waals surface area contributed by atoms with Crippen LogP contribution < -0.4 is 10.5 Å². The number of ether oxygens (including phenoxy) is 1. The summed E-state index contributed by atoms with van der Waals surface area (Å²) < 4.78 is 6.86. The van der Waals surface area contributed by atoms with Crippen LogP contribution >= 0.6 is 27.7 Å². The molecule has 0 fully saturated rings. The second-order valence-electron chi connectivity index (χ2n) is 5.33. The van der Waals surface area contributed by atoms with Gasteiger partial charge in [-0.3, -0.25) is 4.79 Å². The highest BCUT2D eigenvalue weighted by Gasteiger charge is 2.20. The Morgan fingerprint density at radius 2 is 2.12 bits per heavy atom. The van der Waals surface area contributed by atoms with Gasteiger partial charge in [0.25, 0.3) is 5.91 Å². The highest BCUT2D eigenvalue weighted by molar-refractivity contribution is 9.10. The molecule has 2 aromatic carbocycles. The number of aliphatic imine (C=N–C) groups is 1. The predicted octanol–water partition coefficient (Wildman–Crippen LogP) is 4.27. The summed E-state index contributed by atoms with van der Waals surface area (Å²) in [7, 11) is 0. The summed E-state index contributed by atoms with van der Waals surface area (Å²) >= 11 is 4.62. The van der Waals surface area contributed by atoms with Gasteiger partial charge in [-0.05, 0) is 48.5 Å². The summed E-state index contributed by atoms with van der Waals surface area (Å²) in [6.45, 7) is 2.51. The highest BCUT2D eigenvalue weighted by atomic mass is 79.9. The van der Waals surface area contributed by atoms with E-state index in [0.29, 0.717) is 17.3 Å². The monoisotopic (exact) mass is 402 g/mol. The summed E-state index contributed by atoms with van der Waals surface area (Å²) in [4.78, 5) is 16.0. The average molecular weight is 403 g/mol. The van der Waals surface area contributed by atoms with E-state index >= 15 is 0 Å². The number of rotatable bonds is 4. The molecule has 122 valence electrons. The fourth-order valence-electron chi connectivity index (χ4n) is 2.29. The average Bonchev–Trinajstić information content (AvgIpc) is 2.84. The molecule has 24 heavy (non-hydrogen) atoms. The van der Waals surface area contributed by atoms with Crippen LogP contribution in [0.3, 0.4) is 0 Å². The standard InChI is InChI=1S/C18H15BrN2O2S/c1-11-3-2-4-12(7-11)10-23-15-6-5-14(19)8-13(15)9-16-17(22)21-18(20)24-16/h2-9H,10H2,1H3,(H2,20,21,22). The SMILES string of the molecule is Cc1cccc(COc2ccc(Br)cc2C=C2SC(N)=NC2=O)c1. The number of nitrogens with two attached hydrogens (primary N) is 1. The molecule has 0 spiro atoms. The van der Waals surface area contributed by atoms with Gasteiger partial charge in [0.15, 0.2) is 5.17 Å². The van der Waals surface area contributed by atoms with Crippen molar-refractivity contribution >= 4 is 44.8 Å². The van der Waals surface area contributed by atoms with E-state index in [1.807, 2.05) is 43.3 Å². The quantitative estimate of drug-likeness (QED) is 0.775. The van der Waals surface area contributed by atoms with Crippen LogP contribution in [0.4, 0.5) is 0 Å². The number of aryl methyl sites for hydroxylation is 1. The Hall–Kier alpha value is -2.05. The van der Waals surface area contributed by atoms with Gasteiger partial charge in [-0.15, -0.1) is 0 Å². The zero-order valence-electron chi connectivity index (χ0n) is 13.0. The van der Waals surface area contributed by atoms with Crippen molar-refractivity contribution in [3.8, 4) is 5.75 Å². The first kappa shape index (κ1) is 16.8. The van der Waals surface area contributed by atoms with E-state index in [-0.39, 0.29) is 11.1 Å². The van der Waals surface area contributed by atoms with Crippen LogP contribution in [0.1, 0.15) is 16.7 Å². The summed E-state index contributed by atoms with van der Waals surface area (Å²) in [5.41, 5.74) is 8.68. The third-order valence-electron chi connectivity index (χ3n) is 3.37. The van der Waals surface area contributed by atoms with Crippen LogP contribution in [0.5, 0.6) is 5.75 Å². The van der Waals surface area contributed by atoms with Crippen LogP contribution in [0.25, 0.3) is 6.08 Å². The number of hydrogen-bond donors (Lipinski definition) is 1. The first-order chi connectivity index (χ1) is 11.5. The molecule has 2 aromatic rings. The summed E-state index contributed by atoms with van der Waals surface area (Å²) in [6.07, 6.45) is 1.76. The molecule has 0 saturated heterocycles. The van der Waals surface area contributed by atoms with E-state index in [9.17, 15) is 4.79 Å². The Balaban J connectivity index is 1.84. The van der Waals surface area contributed by atoms with Crippen molar-refractivity contribution in [1.29, 1.82) is 0 Å². The van der Waals surface area contributed by atoms with Crippen molar-refractivity contribution < 1.29 is 9.53 Å². The van der Waals surface area contributed by atoms with Gasteiger partial charge in [0.1, 0.15) is 12.4 Å². The summed E-state index contributed by atoms with van der Waals surface area (Å²) in [6, 6.07) is 13.8. The molecule has 1 amide bonds. The lowest BCUT2D eigenvalue weighted by molar-refractivity contribution is -0.113. The van der Waals surface area contributed by atoms with Crippen LogP contribution in [0.2, 0.25) is 0 Å². The zero-order valence-corrected chi connectivity index (χ0v) is 15.4. The smallest absolute Gasteiger partial charge is 0.286 e. The molecule has 0 bridgehead atoms. The lowest BCUT2D eigenvalue weighted by atomic mass is 10.1. The van der Waals surface area contributed by atoms with Crippen molar-refractivity contribution in [2.45, 2.75) is 13.5 Å². The topological polar surface area (TPSA) is 64.7 Å². The number of benzene rings is 2. The van der Waals surface area contributed by atoms with Gasteiger partial charge in [-0.1, -0.05) is 45.8 Å². The molecule has 0 saturated carbocycles. The molecule has 6 heteroatoms. The minimum Gasteiger partial charge on any atom is -0.488 e. The molecule has 1 aliphatic heterocycles. The Morgan fingerprint density at radius 1 is 1.29 bits per heavy atom. The Kier molecular flexibility index (Phi) is 5.06. The maximum absolute atomic E-state index is 11.8. The van der Waals surface area contributed by atoms with Crippen molar-refractivity contribution in [1.82, 2.24) is 0 Å². The third kappa shape index (κ3) is 4.07. The van der Waals surface area contributed by atoms with Crippen molar-refractivity contribution in [3.63, 3.8) is 0 Å². The van der Waals surface area contributed by atoms with Crippen LogP contribution in [-0.4, -0.2) is 11.1 Å². The minimum atomic E-state index is -0.317. The minimum absolute atomic E-state index is 0.267. The van der Waals surface area contributed by atoms with Gasteiger partial charge in [0.05, 0.1) is 4.91 Å². The molecule has 3 rings (SSSR count). The summed E-state index contributed by atoms with van der Waals surface area (Å²) in [5.74, 6) is 0.383. The van der Waals surface area contributed by atoms with E-state index in [0.717, 1.165) is 15.6 Å². The second-order valence-corrected chi connectivity index (χ2v) is 7.30. The van der Waals surface area contributed by atoms with E-state index in [1.165, 1.54) is 17.3 Å². The highest BCUT2D eigenvalue weighted by Crippen LogP contribution is 2.31. The lowest BCUT2D eigenvalue weighted by Gasteiger charge is -2.11. The number of hydrogen-bond acceptors (Lipinski definition) is 4. The Bertz CT molecular complexity index is 862. The first-order valence-corrected chi connectivity index (χ1v) is 8.88. The Morgan fingerprint density at radius 3 is 2.83 bits per heavy atom. The molecule has 0 atom stereocenters. The van der Waals surface area contributed by atoms with Crippen LogP contribution in [-0.2, 0) is 11.4 Å². The van der Waals surface area contributed by atoms with E-state index < -0.39 is 0 Å². The van der Waals surface area contributed by atoms with Gasteiger partial charge < -0.3 is 10.5 Å². The molecular weight excluding hydrogens is 388 g/mol. The zero-order chi connectivity index (χ0) is 17.1. The maximum atomic E-state index is 11.8. The van der Waals surface area contributed by atoms with E-state index in [2.05, 4.69) is 27.0 Å². The van der Waals surface area contributed by atoms with Crippen molar-refractivity contribution in [3.05, 3.63) is 68.5 Å². The number of nitrogens with zero attached hydrogens (tertiary/aromatic N) is 1. The number of amides is 1. The number of thioether (sulfide) groups is 1. The molecule has 4 nitrogen and oxygen atoms in total. The van der Waals surface area contributed by atoms with Crippen LogP contribution in [0.15, 0.2) is 56.8 Å². The number of carbonyl (C=O) groups excluding carboxylic acids is 1. The molecule has 0 aromatic heterocycles. The van der Waals surface area contributed by atoms with E-state index in [1.54, 1.807) is 6.08 Å². The normalized spacial score (nSPS) is 15.7. The number of halogens is 1. The van der Waals surface area contributed by atoms with Crippen LogP contribution in [0, 0.1) is 6.92 Å². The third-order valence-corrected chi connectivity index (χ3v) is 4.68. The van der Waals surface area contributed by atoms with Crippen molar-refractivity contribution in [2.24, 2.45) is 10.7 Å². The molecule has 2 N–H and O–H groups in total. The Labute approximate surface area is 152 Å². The van der Waals surface area contributed by atoms with Crippen molar-refractivity contribution in [2.75, 3.05) is 0 Å². The number of amidine groups is 1. The fraction of sp³-hybridized carbons (Fsp3) is 0.111. The summed E-state index contributed by atoms with van der Waals surface area (Å²) in [5, 5.41) is 0.267. The van der Waals surface area contributed by atoms with Gasteiger partial charge in [0.2, 0.25) is 0 Å². The molecule has 0 aliphatic carbocycles. The molecule has 0 unspecified atom stereocenters.